The molecule has 0 aliphatic rings. The minimum Gasteiger partial charge on any atom is -0.338 e. The first-order valence-corrected chi connectivity index (χ1v) is 11.7. The molecule has 9 heteroatoms. The van der Waals surface area contributed by atoms with Gasteiger partial charge in [-0.25, -0.2) is 18.2 Å². The third kappa shape index (κ3) is 6.21. The quantitative estimate of drug-likeness (QED) is 0.644. The van der Waals surface area contributed by atoms with Crippen LogP contribution in [0.15, 0.2) is 35.6 Å². The summed E-state index contributed by atoms with van der Waals surface area (Å²) in [5.74, 6) is 0.0262. The Labute approximate surface area is 178 Å². The number of rotatable bonds is 9. The molecule has 0 spiro atoms. The van der Waals surface area contributed by atoms with E-state index in [1.54, 1.807) is 39.9 Å². The molecule has 0 saturated heterocycles. The lowest BCUT2D eigenvalue weighted by Gasteiger charge is -2.22. The molecule has 0 saturated carbocycles. The predicted molar refractivity (Wildman–Crippen MR) is 115 cm³/mol. The van der Waals surface area contributed by atoms with Crippen molar-refractivity contribution in [3.05, 3.63) is 46.7 Å². The maximum Gasteiger partial charge on any atom is 0.317 e. The summed E-state index contributed by atoms with van der Waals surface area (Å²) in [5.41, 5.74) is 1.30. The van der Waals surface area contributed by atoms with Gasteiger partial charge in [-0.3, -0.25) is 0 Å². The summed E-state index contributed by atoms with van der Waals surface area (Å²) >= 11 is 5.99. The smallest absolute Gasteiger partial charge is 0.317 e. The van der Waals surface area contributed by atoms with Gasteiger partial charge in [0.25, 0.3) is 0 Å². The van der Waals surface area contributed by atoms with Crippen molar-refractivity contribution in [3.8, 4) is 0 Å². The first-order valence-electron chi connectivity index (χ1n) is 9.72. The van der Waals surface area contributed by atoms with Crippen molar-refractivity contribution in [1.82, 2.24) is 19.8 Å². The van der Waals surface area contributed by atoms with Gasteiger partial charge >= 0.3 is 6.03 Å². The molecule has 0 atom stereocenters. The summed E-state index contributed by atoms with van der Waals surface area (Å²) in [6.45, 7) is 9.58. The van der Waals surface area contributed by atoms with E-state index in [1.165, 1.54) is 0 Å². The van der Waals surface area contributed by atoms with Crippen LogP contribution in [0.2, 0.25) is 5.02 Å². The molecule has 1 N–H and O–H groups in total. The largest absolute Gasteiger partial charge is 0.338 e. The van der Waals surface area contributed by atoms with Crippen LogP contribution in [0, 0.1) is 5.92 Å². The second-order valence-corrected chi connectivity index (χ2v) is 9.59. The number of carbonyl (C=O) groups excluding carboxylic acids is 1. The Balaban J connectivity index is 2.38. The van der Waals surface area contributed by atoms with Crippen LogP contribution in [0.3, 0.4) is 0 Å². The number of hydrogen-bond donors (Lipinski definition) is 1. The van der Waals surface area contributed by atoms with Gasteiger partial charge in [0.15, 0.2) is 0 Å². The number of halogens is 1. The summed E-state index contributed by atoms with van der Waals surface area (Å²) in [7, 11) is -3.68. The fraction of sp³-hybridized carbons (Fsp3) is 0.500. The normalized spacial score (nSPS) is 11.7. The molecule has 0 radical (unpaired) electrons. The number of imidazole rings is 1. The van der Waals surface area contributed by atoms with Crippen LogP contribution < -0.4 is 5.32 Å². The topological polar surface area (TPSA) is 84.3 Å². The fourth-order valence-corrected chi connectivity index (χ4v) is 4.72. The number of urea groups is 1. The lowest BCUT2D eigenvalue weighted by atomic mass is 10.2. The number of nitrogens with zero attached hydrogens (tertiary/aromatic N) is 3. The van der Waals surface area contributed by atoms with Crippen LogP contribution in [-0.4, -0.2) is 42.0 Å². The molecule has 0 unspecified atom stereocenters. The van der Waals surface area contributed by atoms with Crippen LogP contribution in [0.1, 0.15) is 39.0 Å². The van der Waals surface area contributed by atoms with Crippen LogP contribution in [0.5, 0.6) is 0 Å². The summed E-state index contributed by atoms with van der Waals surface area (Å²) in [6, 6.07) is 6.62. The van der Waals surface area contributed by atoms with Gasteiger partial charge in [-0.05, 0) is 37.5 Å². The van der Waals surface area contributed by atoms with Gasteiger partial charge in [-0.2, -0.15) is 0 Å². The van der Waals surface area contributed by atoms with Gasteiger partial charge in [0.1, 0.15) is 0 Å². The lowest BCUT2D eigenvalue weighted by molar-refractivity contribution is 0.197. The summed E-state index contributed by atoms with van der Waals surface area (Å²) in [5, 5.41) is 3.29. The molecule has 2 aromatic rings. The van der Waals surface area contributed by atoms with Gasteiger partial charge < -0.3 is 14.8 Å². The van der Waals surface area contributed by atoms with Crippen LogP contribution in [-0.2, 0) is 28.7 Å². The zero-order chi connectivity index (χ0) is 21.6. The van der Waals surface area contributed by atoms with E-state index in [1.807, 2.05) is 27.7 Å². The Morgan fingerprint density at radius 2 is 2.03 bits per heavy atom. The van der Waals surface area contributed by atoms with E-state index in [2.05, 4.69) is 10.3 Å². The average Bonchev–Trinajstić information content (AvgIpc) is 3.02. The Bertz CT molecular complexity index is 941. The molecule has 7 nitrogen and oxygen atoms in total. The highest BCUT2D eigenvalue weighted by Crippen LogP contribution is 2.21. The molecule has 1 aromatic carbocycles. The predicted octanol–water partition coefficient (Wildman–Crippen LogP) is 3.72. The van der Waals surface area contributed by atoms with Crippen LogP contribution in [0.25, 0.3) is 0 Å². The van der Waals surface area contributed by atoms with E-state index >= 15 is 0 Å². The van der Waals surface area contributed by atoms with Crippen LogP contribution >= 0.6 is 11.6 Å². The van der Waals surface area contributed by atoms with Crippen molar-refractivity contribution in [2.75, 3.05) is 13.1 Å². The number of amides is 2. The summed E-state index contributed by atoms with van der Waals surface area (Å²) < 4.78 is 27.9. The highest BCUT2D eigenvalue weighted by molar-refractivity contribution is 7.90. The minimum atomic E-state index is -3.68. The molecule has 0 aliphatic carbocycles. The summed E-state index contributed by atoms with van der Waals surface area (Å²) in [6.07, 6.45) is 1.55. The lowest BCUT2D eigenvalue weighted by Crippen LogP contribution is -2.39. The molecule has 1 aromatic heterocycles. The van der Waals surface area contributed by atoms with Gasteiger partial charge in [-0.1, -0.05) is 37.6 Å². The van der Waals surface area contributed by atoms with E-state index in [-0.39, 0.29) is 29.4 Å². The SMILES string of the molecule is CCNC(=O)N(CC)Cc1cnc(S(=O)(=O)Cc2cccc(Cl)c2)n1CC(C)C. The van der Waals surface area contributed by atoms with Crippen molar-refractivity contribution in [2.24, 2.45) is 5.92 Å². The monoisotopic (exact) mass is 440 g/mol. The Hall–Kier alpha value is -2.06. The number of hydrogen-bond acceptors (Lipinski definition) is 4. The molecule has 2 rings (SSSR count). The molecule has 0 bridgehead atoms. The number of carbonyl (C=O) groups is 1. The van der Waals surface area contributed by atoms with Crippen molar-refractivity contribution >= 4 is 27.5 Å². The molecule has 2 amide bonds. The molecular weight excluding hydrogens is 412 g/mol. The van der Waals surface area contributed by atoms with E-state index < -0.39 is 9.84 Å². The Morgan fingerprint density at radius 1 is 1.31 bits per heavy atom. The van der Waals surface area contributed by atoms with Crippen LogP contribution in [0.4, 0.5) is 4.79 Å². The Kier molecular flexibility index (Phi) is 8.10. The number of benzene rings is 1. The Morgan fingerprint density at radius 3 is 2.62 bits per heavy atom. The van der Waals surface area contributed by atoms with Gasteiger partial charge in [0.2, 0.25) is 15.0 Å². The van der Waals surface area contributed by atoms with E-state index in [0.717, 1.165) is 0 Å². The molecule has 160 valence electrons. The number of aromatic nitrogens is 2. The van der Waals surface area contributed by atoms with E-state index in [0.29, 0.717) is 35.9 Å². The number of sulfone groups is 1. The minimum absolute atomic E-state index is 0.0214. The first kappa shape index (κ1) is 23.2. The molecule has 0 aliphatic heterocycles. The second kappa shape index (κ2) is 10.1. The van der Waals surface area contributed by atoms with Crippen molar-refractivity contribution in [1.29, 1.82) is 0 Å². The third-order valence-electron chi connectivity index (χ3n) is 4.32. The average molecular weight is 441 g/mol. The van der Waals surface area contributed by atoms with Gasteiger partial charge in [0, 0.05) is 24.7 Å². The zero-order valence-corrected chi connectivity index (χ0v) is 18.9. The maximum atomic E-state index is 13.1. The number of nitrogens with one attached hydrogen (secondary N) is 1. The molecular formula is C20H29ClN4O3S. The van der Waals surface area contributed by atoms with E-state index in [4.69, 9.17) is 11.6 Å². The van der Waals surface area contributed by atoms with Crippen molar-refractivity contribution < 1.29 is 13.2 Å². The highest BCUT2D eigenvalue weighted by Gasteiger charge is 2.25. The maximum absolute atomic E-state index is 13.1. The summed E-state index contributed by atoms with van der Waals surface area (Å²) in [4.78, 5) is 18.1. The third-order valence-corrected chi connectivity index (χ3v) is 6.15. The molecule has 0 fully saturated rings. The highest BCUT2D eigenvalue weighted by atomic mass is 35.5. The van der Waals surface area contributed by atoms with E-state index in [9.17, 15) is 13.2 Å². The van der Waals surface area contributed by atoms with Crippen molar-refractivity contribution in [2.45, 2.75) is 51.7 Å². The van der Waals surface area contributed by atoms with Crippen molar-refractivity contribution in [3.63, 3.8) is 0 Å². The molecule has 29 heavy (non-hydrogen) atoms. The zero-order valence-electron chi connectivity index (χ0n) is 17.4. The second-order valence-electron chi connectivity index (χ2n) is 7.28. The van der Waals surface area contributed by atoms with Gasteiger partial charge in [-0.15, -0.1) is 0 Å². The molecule has 1 heterocycles. The first-order chi connectivity index (χ1) is 13.7. The fourth-order valence-electron chi connectivity index (χ4n) is 3.02. The standard InChI is InChI=1S/C20H29ClN4O3S/c1-5-22-19(26)24(6-2)13-18-11-23-20(25(18)12-15(3)4)29(27,28)14-16-8-7-9-17(21)10-16/h7-11,15H,5-6,12-14H2,1-4H3,(H,22,26). The van der Waals surface area contributed by atoms with Gasteiger partial charge in [0.05, 0.1) is 24.2 Å².